The Morgan fingerprint density at radius 2 is 1.80 bits per heavy atom. The molecule has 0 aromatic heterocycles. The van der Waals surface area contributed by atoms with Gasteiger partial charge >= 0.3 is 0 Å². The van der Waals surface area contributed by atoms with Crippen molar-refractivity contribution in [3.05, 3.63) is 0 Å². The minimum atomic E-state index is -2.79. The molecule has 0 aliphatic rings. The Kier molecular flexibility index (Phi) is 2.07. The van der Waals surface area contributed by atoms with Crippen LogP contribution in [0.15, 0.2) is 0 Å². The van der Waals surface area contributed by atoms with E-state index in [0.717, 1.165) is 4.89 Å². The molecule has 32 valence electrons. The molecule has 5 heteroatoms. The van der Waals surface area contributed by atoms with Gasteiger partial charge in [-0.05, 0) is 0 Å². The van der Waals surface area contributed by atoms with E-state index in [1.165, 1.54) is 0 Å². The molecule has 0 aliphatic carbocycles. The van der Waals surface area contributed by atoms with Crippen LogP contribution in [0.1, 0.15) is 0 Å². The second-order valence-corrected chi connectivity index (χ2v) is 1.07. The molecular formula is H3NO3S. The van der Waals surface area contributed by atoms with Crippen LogP contribution in [0.2, 0.25) is 0 Å². The molecule has 0 saturated heterocycles. The van der Waals surface area contributed by atoms with Crippen molar-refractivity contribution in [1.29, 1.82) is 0 Å². The van der Waals surface area contributed by atoms with Gasteiger partial charge in [-0.3, -0.25) is 0 Å². The summed E-state index contributed by atoms with van der Waals surface area (Å²) in [6, 6.07) is 0. The first-order valence-corrected chi connectivity index (χ1v) is 1.99. The summed E-state index contributed by atoms with van der Waals surface area (Å²) in [5, 5.41) is 7.30. The summed E-state index contributed by atoms with van der Waals surface area (Å²) in [4.78, 5) is 0.981. The van der Waals surface area contributed by atoms with Crippen molar-refractivity contribution in [2.75, 3.05) is 0 Å². The molecule has 2 N–H and O–H groups in total. The first kappa shape index (κ1) is 4.87. The minimum Gasteiger partial charge on any atom is -0.302 e. The van der Waals surface area contributed by atoms with Crippen LogP contribution in [0.25, 0.3) is 0 Å². The van der Waals surface area contributed by atoms with E-state index in [1.54, 1.807) is 0 Å². The molecule has 0 saturated carbocycles. The Hall–Kier alpha value is -0.130. The van der Waals surface area contributed by atoms with Crippen molar-refractivity contribution in [3.8, 4) is 0 Å². The van der Waals surface area contributed by atoms with Gasteiger partial charge in [0.25, 0.3) is 0 Å². The zero-order valence-corrected chi connectivity index (χ0v) is 3.11. The van der Waals surface area contributed by atoms with E-state index >= 15 is 0 Å². The summed E-state index contributed by atoms with van der Waals surface area (Å²) in [7, 11) is -2.79. The second kappa shape index (κ2) is 2.13. The standard InChI is InChI=1S/H3NO3S/c2-1-5(3)4/h2,5H,(H,1,3,4). The smallest absolute Gasteiger partial charge is 0.223 e. The fraction of sp³-hybridized carbons (Fsp3) is 0. The number of thiol groups is 1. The highest BCUT2D eigenvalue weighted by molar-refractivity contribution is 7.70. The lowest BCUT2D eigenvalue weighted by molar-refractivity contribution is 0.247. The zero-order chi connectivity index (χ0) is 4.28. The van der Waals surface area contributed by atoms with Gasteiger partial charge in [0.15, 0.2) is 0 Å². The largest absolute Gasteiger partial charge is 0.302 e. The predicted molar refractivity (Wildman–Crippen MR) is 15.2 cm³/mol. The maximum atomic E-state index is 9.04. The molecule has 0 fully saturated rings. The van der Waals surface area contributed by atoms with Crippen LogP contribution >= 0.6 is 0 Å². The maximum absolute atomic E-state index is 9.04. The lowest BCUT2D eigenvalue weighted by atomic mass is 13.5. The van der Waals surface area contributed by atoms with Crippen LogP contribution in [0.4, 0.5) is 0 Å². The Morgan fingerprint density at radius 3 is 1.80 bits per heavy atom. The fourth-order valence-electron chi connectivity index (χ4n) is 0. The van der Waals surface area contributed by atoms with Crippen molar-refractivity contribution >= 4 is 10.9 Å². The molecule has 0 bridgehead atoms. The van der Waals surface area contributed by atoms with Gasteiger partial charge in [-0.2, -0.15) is 0 Å². The van der Waals surface area contributed by atoms with Crippen molar-refractivity contribution in [2.45, 2.75) is 0 Å². The quantitative estimate of drug-likeness (QED) is 0.275. The van der Waals surface area contributed by atoms with E-state index in [0.29, 0.717) is 0 Å². The van der Waals surface area contributed by atoms with Crippen molar-refractivity contribution in [3.63, 3.8) is 0 Å². The normalized spacial score (nSPS) is 9.20. The maximum Gasteiger partial charge on any atom is 0.223 e. The van der Waals surface area contributed by atoms with Gasteiger partial charge < -0.3 is 5.21 Å². The topological polar surface area (TPSA) is 66.4 Å². The van der Waals surface area contributed by atoms with E-state index in [4.69, 9.17) is 13.6 Å². The summed E-state index contributed by atoms with van der Waals surface area (Å²) in [5.41, 5.74) is 0. The molecule has 0 heterocycles. The van der Waals surface area contributed by atoms with Crippen molar-refractivity contribution in [2.24, 2.45) is 0 Å². The Labute approximate surface area is 30.5 Å². The van der Waals surface area contributed by atoms with Gasteiger partial charge in [0, 0.05) is 0 Å². The summed E-state index contributed by atoms with van der Waals surface area (Å²) in [6.45, 7) is 0. The van der Waals surface area contributed by atoms with Crippen LogP contribution in [0, 0.1) is 0 Å². The monoisotopic (exact) mass is 97.0 g/mol. The Bertz CT molecular complexity index is 65.0. The van der Waals surface area contributed by atoms with Gasteiger partial charge in [-0.25, -0.2) is 8.42 Å². The molecule has 0 aliphatic heterocycles. The molecule has 0 unspecified atom stereocenters. The molecular weight excluding hydrogens is 94.1 g/mol. The van der Waals surface area contributed by atoms with Gasteiger partial charge in [0.05, 0.1) is 0 Å². The molecule has 0 aromatic carbocycles. The van der Waals surface area contributed by atoms with Gasteiger partial charge in [-0.1, -0.05) is 4.89 Å². The van der Waals surface area contributed by atoms with E-state index < -0.39 is 10.9 Å². The first-order valence-electron chi connectivity index (χ1n) is 0.812. The van der Waals surface area contributed by atoms with Crippen LogP contribution in [-0.2, 0) is 10.9 Å². The Balaban J connectivity index is 3.23. The van der Waals surface area contributed by atoms with Gasteiger partial charge in [0.2, 0.25) is 10.9 Å². The zero-order valence-electron chi connectivity index (χ0n) is 2.21. The summed E-state index contributed by atoms with van der Waals surface area (Å²) >= 11 is 0. The van der Waals surface area contributed by atoms with Crippen LogP contribution in [0.3, 0.4) is 0 Å². The molecule has 0 rings (SSSR count). The van der Waals surface area contributed by atoms with E-state index in [1.807, 2.05) is 0 Å². The lowest BCUT2D eigenvalue weighted by Crippen LogP contribution is -2.00. The third kappa shape index (κ3) is 3.87. The highest BCUT2D eigenvalue weighted by Crippen LogP contribution is 1.32. The van der Waals surface area contributed by atoms with Crippen molar-refractivity contribution < 1.29 is 13.6 Å². The molecule has 0 amide bonds. The van der Waals surface area contributed by atoms with E-state index in [9.17, 15) is 0 Å². The van der Waals surface area contributed by atoms with Crippen LogP contribution in [-0.4, -0.2) is 13.6 Å². The highest BCUT2D eigenvalue weighted by atomic mass is 32.2. The number of hydrogen-bond acceptors (Lipinski definition) is 3. The van der Waals surface area contributed by atoms with Crippen LogP contribution < -0.4 is 4.89 Å². The minimum absolute atomic E-state index is 0.981. The number of hydrogen-bond donors (Lipinski definition) is 3. The number of rotatable bonds is 1. The molecule has 0 atom stereocenters. The third-order valence-corrected chi connectivity index (χ3v) is 0.245. The average Bonchev–Trinajstić information content (AvgIpc) is 1.38. The molecule has 4 nitrogen and oxygen atoms in total. The van der Waals surface area contributed by atoms with E-state index in [-0.39, 0.29) is 0 Å². The summed E-state index contributed by atoms with van der Waals surface area (Å²) < 4.78 is 18.1. The average molecular weight is 97.1 g/mol. The van der Waals surface area contributed by atoms with Gasteiger partial charge in [-0.15, -0.1) is 0 Å². The highest BCUT2D eigenvalue weighted by Gasteiger charge is 1.61. The summed E-state index contributed by atoms with van der Waals surface area (Å²) in [5.74, 6) is 0. The fourth-order valence-corrected chi connectivity index (χ4v) is 0. The predicted octanol–water partition coefficient (Wildman–Crippen LogP) is -1.51. The lowest BCUT2D eigenvalue weighted by Gasteiger charge is -1.67. The summed E-state index contributed by atoms with van der Waals surface area (Å²) in [6.07, 6.45) is 0. The van der Waals surface area contributed by atoms with Crippen LogP contribution in [0.5, 0.6) is 0 Å². The number of nitrogens with one attached hydrogen (secondary N) is 1. The van der Waals surface area contributed by atoms with Gasteiger partial charge in [0.1, 0.15) is 0 Å². The Morgan fingerprint density at radius 1 is 1.60 bits per heavy atom. The third-order valence-electron chi connectivity index (χ3n) is 0.0816. The molecule has 5 heavy (non-hydrogen) atoms. The molecule has 0 aromatic rings. The van der Waals surface area contributed by atoms with E-state index in [2.05, 4.69) is 0 Å². The molecule has 0 spiro atoms. The second-order valence-electron chi connectivity index (χ2n) is 0.357. The molecule has 0 radical (unpaired) electrons. The first-order chi connectivity index (χ1) is 2.27. The SMILES string of the molecule is O=[SH](=O)NO. The van der Waals surface area contributed by atoms with Crippen molar-refractivity contribution in [1.82, 2.24) is 4.89 Å².